The summed E-state index contributed by atoms with van der Waals surface area (Å²) in [7, 11) is 0. The van der Waals surface area contributed by atoms with Gasteiger partial charge in [0.25, 0.3) is 0 Å². The first kappa shape index (κ1) is 16.0. The molecule has 2 heterocycles. The predicted molar refractivity (Wildman–Crippen MR) is 82.4 cm³/mol. The van der Waals surface area contributed by atoms with E-state index in [1.54, 1.807) is 11.8 Å². The van der Waals surface area contributed by atoms with Crippen molar-refractivity contribution in [3.05, 3.63) is 11.7 Å². The van der Waals surface area contributed by atoms with Crippen LogP contribution in [-0.4, -0.2) is 39.9 Å². The first-order chi connectivity index (χ1) is 11.1. The third kappa shape index (κ3) is 3.54. The van der Waals surface area contributed by atoms with Crippen LogP contribution >= 0.6 is 0 Å². The van der Waals surface area contributed by atoms with E-state index in [1.165, 1.54) is 0 Å². The smallest absolute Gasteiger partial charge is 0.240 e. The molecule has 0 aromatic carbocycles. The van der Waals surface area contributed by atoms with Gasteiger partial charge in [-0.2, -0.15) is 4.98 Å². The number of likely N-dealkylation sites (tertiary alicyclic amines) is 1. The van der Waals surface area contributed by atoms with E-state index in [2.05, 4.69) is 15.5 Å². The number of nitrogens with zero attached hydrogens (tertiary/aromatic N) is 3. The van der Waals surface area contributed by atoms with Crippen LogP contribution in [0.1, 0.15) is 63.1 Å². The van der Waals surface area contributed by atoms with Gasteiger partial charge in [-0.25, -0.2) is 0 Å². The van der Waals surface area contributed by atoms with Crippen LogP contribution in [0.3, 0.4) is 0 Å². The van der Waals surface area contributed by atoms with Crippen molar-refractivity contribution in [3.8, 4) is 0 Å². The minimum atomic E-state index is -0.538. The Morgan fingerprint density at radius 1 is 1.26 bits per heavy atom. The third-order valence-corrected chi connectivity index (χ3v) is 4.80. The summed E-state index contributed by atoms with van der Waals surface area (Å²) in [4.78, 5) is 30.6. The average Bonchev–Trinajstić information content (AvgIpc) is 3.10. The van der Waals surface area contributed by atoms with E-state index in [-0.39, 0.29) is 18.4 Å². The summed E-state index contributed by atoms with van der Waals surface area (Å²) in [5.74, 6) is 1.00. The van der Waals surface area contributed by atoms with Crippen molar-refractivity contribution in [1.82, 2.24) is 20.4 Å². The van der Waals surface area contributed by atoms with Gasteiger partial charge in [0.15, 0.2) is 5.82 Å². The lowest BCUT2D eigenvalue weighted by Crippen LogP contribution is -2.49. The lowest BCUT2D eigenvalue weighted by molar-refractivity contribution is -0.136. The average molecular weight is 320 g/mol. The Labute approximate surface area is 135 Å². The second-order valence-electron chi connectivity index (χ2n) is 6.60. The summed E-state index contributed by atoms with van der Waals surface area (Å²) in [6, 6.07) is 0. The highest BCUT2D eigenvalue weighted by Gasteiger charge is 2.41. The molecule has 1 saturated carbocycles. The van der Waals surface area contributed by atoms with Crippen molar-refractivity contribution in [2.45, 2.75) is 63.8 Å². The molecule has 0 atom stereocenters. The summed E-state index contributed by atoms with van der Waals surface area (Å²) < 4.78 is 5.09. The number of amides is 2. The number of carbonyl (C=O) groups is 2. The molecule has 7 nitrogen and oxygen atoms in total. The standard InChI is InChI=1S/C16H24N4O3/c1-12-17-15(19-23-12)16(8-4-5-9-16)18-13(21)11-20-10-6-2-3-7-14(20)22/h2-11H2,1H3,(H,18,21). The molecule has 1 aliphatic heterocycles. The monoisotopic (exact) mass is 320 g/mol. The molecule has 2 amide bonds. The van der Waals surface area contributed by atoms with Gasteiger partial charge in [0.2, 0.25) is 17.7 Å². The molecule has 1 saturated heterocycles. The Morgan fingerprint density at radius 2 is 2.04 bits per heavy atom. The predicted octanol–water partition coefficient (Wildman–Crippen LogP) is 1.67. The fourth-order valence-corrected chi connectivity index (χ4v) is 3.56. The largest absolute Gasteiger partial charge is 0.342 e. The van der Waals surface area contributed by atoms with Gasteiger partial charge in [-0.3, -0.25) is 9.59 Å². The quantitative estimate of drug-likeness (QED) is 0.911. The Hall–Kier alpha value is -1.92. The number of rotatable bonds is 4. The van der Waals surface area contributed by atoms with Gasteiger partial charge < -0.3 is 14.7 Å². The first-order valence-electron chi connectivity index (χ1n) is 8.49. The summed E-state index contributed by atoms with van der Waals surface area (Å²) in [6.45, 7) is 2.54. The van der Waals surface area contributed by atoms with Crippen LogP contribution in [0.5, 0.6) is 0 Å². The van der Waals surface area contributed by atoms with Crippen molar-refractivity contribution in [1.29, 1.82) is 0 Å². The maximum atomic E-state index is 12.5. The molecule has 1 aromatic rings. The number of hydrogen-bond donors (Lipinski definition) is 1. The highest BCUT2D eigenvalue weighted by atomic mass is 16.5. The first-order valence-corrected chi connectivity index (χ1v) is 8.49. The summed E-state index contributed by atoms with van der Waals surface area (Å²) in [5, 5.41) is 7.11. The van der Waals surface area contributed by atoms with Crippen LogP contribution in [-0.2, 0) is 15.1 Å². The molecule has 126 valence electrons. The van der Waals surface area contributed by atoms with E-state index < -0.39 is 5.54 Å². The van der Waals surface area contributed by atoms with Crippen LogP contribution in [0.2, 0.25) is 0 Å². The SMILES string of the molecule is Cc1nc(C2(NC(=O)CN3CCCCCC3=O)CCCC2)no1. The molecule has 2 aliphatic rings. The molecule has 7 heteroatoms. The Balaban J connectivity index is 1.68. The van der Waals surface area contributed by atoms with E-state index in [0.717, 1.165) is 44.9 Å². The van der Waals surface area contributed by atoms with E-state index in [4.69, 9.17) is 4.52 Å². The lowest BCUT2D eigenvalue weighted by Gasteiger charge is -2.28. The highest BCUT2D eigenvalue weighted by molar-refractivity contribution is 5.85. The lowest BCUT2D eigenvalue weighted by atomic mass is 9.96. The molecule has 1 N–H and O–H groups in total. The maximum absolute atomic E-state index is 12.5. The van der Waals surface area contributed by atoms with Crippen molar-refractivity contribution in [2.75, 3.05) is 13.1 Å². The molecular formula is C16H24N4O3. The van der Waals surface area contributed by atoms with Crippen LogP contribution in [0, 0.1) is 6.92 Å². The zero-order valence-corrected chi connectivity index (χ0v) is 13.6. The van der Waals surface area contributed by atoms with Crippen molar-refractivity contribution >= 4 is 11.8 Å². The summed E-state index contributed by atoms with van der Waals surface area (Å²) >= 11 is 0. The Kier molecular flexibility index (Phi) is 4.63. The maximum Gasteiger partial charge on any atom is 0.240 e. The number of aromatic nitrogens is 2. The van der Waals surface area contributed by atoms with Crippen LogP contribution < -0.4 is 5.32 Å². The zero-order valence-electron chi connectivity index (χ0n) is 13.6. The number of nitrogens with one attached hydrogen (secondary N) is 1. The van der Waals surface area contributed by atoms with Crippen molar-refractivity contribution < 1.29 is 14.1 Å². The van der Waals surface area contributed by atoms with Gasteiger partial charge in [-0.15, -0.1) is 0 Å². The van der Waals surface area contributed by atoms with Gasteiger partial charge in [-0.05, 0) is 25.7 Å². The second-order valence-corrected chi connectivity index (χ2v) is 6.60. The molecule has 0 spiro atoms. The van der Waals surface area contributed by atoms with E-state index in [0.29, 0.717) is 24.7 Å². The molecule has 1 aromatic heterocycles. The second kappa shape index (κ2) is 6.68. The normalized spacial score (nSPS) is 21.3. The fourth-order valence-electron chi connectivity index (χ4n) is 3.56. The van der Waals surface area contributed by atoms with E-state index >= 15 is 0 Å². The summed E-state index contributed by atoms with van der Waals surface area (Å²) in [5.41, 5.74) is -0.538. The number of aryl methyl sites for hydroxylation is 1. The minimum absolute atomic E-state index is 0.0773. The van der Waals surface area contributed by atoms with Crippen LogP contribution in [0.15, 0.2) is 4.52 Å². The number of hydrogen-bond acceptors (Lipinski definition) is 5. The Bertz CT molecular complexity index is 578. The molecular weight excluding hydrogens is 296 g/mol. The molecule has 0 unspecified atom stereocenters. The van der Waals surface area contributed by atoms with Gasteiger partial charge in [-0.1, -0.05) is 24.4 Å². The minimum Gasteiger partial charge on any atom is -0.342 e. The van der Waals surface area contributed by atoms with Gasteiger partial charge >= 0.3 is 0 Å². The third-order valence-electron chi connectivity index (χ3n) is 4.80. The van der Waals surface area contributed by atoms with Crippen LogP contribution in [0.25, 0.3) is 0 Å². The van der Waals surface area contributed by atoms with Gasteiger partial charge in [0.05, 0.1) is 6.54 Å². The molecule has 3 rings (SSSR count). The fraction of sp³-hybridized carbons (Fsp3) is 0.750. The topological polar surface area (TPSA) is 88.3 Å². The highest BCUT2D eigenvalue weighted by Crippen LogP contribution is 2.37. The Morgan fingerprint density at radius 3 is 2.74 bits per heavy atom. The van der Waals surface area contributed by atoms with Gasteiger partial charge in [0, 0.05) is 19.9 Å². The van der Waals surface area contributed by atoms with Crippen molar-refractivity contribution in [3.63, 3.8) is 0 Å². The molecule has 2 fully saturated rings. The van der Waals surface area contributed by atoms with E-state index in [1.807, 2.05) is 0 Å². The van der Waals surface area contributed by atoms with E-state index in [9.17, 15) is 9.59 Å². The van der Waals surface area contributed by atoms with Crippen LogP contribution in [0.4, 0.5) is 0 Å². The van der Waals surface area contributed by atoms with Gasteiger partial charge in [0.1, 0.15) is 5.54 Å². The molecule has 0 bridgehead atoms. The zero-order chi connectivity index (χ0) is 16.3. The van der Waals surface area contributed by atoms with Crippen molar-refractivity contribution in [2.24, 2.45) is 0 Å². The molecule has 1 aliphatic carbocycles. The number of carbonyl (C=O) groups excluding carboxylic acids is 2. The molecule has 23 heavy (non-hydrogen) atoms. The summed E-state index contributed by atoms with van der Waals surface area (Å²) in [6.07, 6.45) is 7.15. The molecule has 0 radical (unpaired) electrons.